The number of carbonyl (C=O) groups is 2. The van der Waals surface area contributed by atoms with E-state index in [1.54, 1.807) is 37.1 Å². The van der Waals surface area contributed by atoms with Crippen LogP contribution >= 0.6 is 0 Å². The van der Waals surface area contributed by atoms with Gasteiger partial charge in [0.25, 0.3) is 5.91 Å². The third-order valence-corrected chi connectivity index (χ3v) is 3.55. The third-order valence-electron chi connectivity index (χ3n) is 3.55. The lowest BCUT2D eigenvalue weighted by molar-refractivity contribution is -0.143. The van der Waals surface area contributed by atoms with Crippen LogP contribution in [-0.2, 0) is 14.3 Å². The molecular formula is C18H27NO6. The van der Waals surface area contributed by atoms with Crippen LogP contribution in [0, 0.1) is 0 Å². The molecule has 1 amide bonds. The van der Waals surface area contributed by atoms with Gasteiger partial charge in [-0.15, -0.1) is 0 Å². The van der Waals surface area contributed by atoms with Gasteiger partial charge in [0.2, 0.25) is 0 Å². The van der Waals surface area contributed by atoms with Gasteiger partial charge in [0.05, 0.1) is 27.2 Å². The van der Waals surface area contributed by atoms with Crippen LogP contribution in [-0.4, -0.2) is 64.4 Å². The van der Waals surface area contributed by atoms with Crippen LogP contribution in [0.1, 0.15) is 30.1 Å². The van der Waals surface area contributed by atoms with Crippen LogP contribution in [0.25, 0.3) is 0 Å². The lowest BCUT2D eigenvalue weighted by Gasteiger charge is -2.23. The van der Waals surface area contributed by atoms with E-state index in [0.29, 0.717) is 43.2 Å². The van der Waals surface area contributed by atoms with Crippen molar-refractivity contribution in [1.82, 2.24) is 4.90 Å². The fourth-order valence-electron chi connectivity index (χ4n) is 2.29. The van der Waals surface area contributed by atoms with Crippen molar-refractivity contribution in [1.29, 1.82) is 0 Å². The fourth-order valence-corrected chi connectivity index (χ4v) is 2.29. The minimum Gasteiger partial charge on any atom is -0.497 e. The number of ether oxygens (including phenoxy) is 4. The Kier molecular flexibility index (Phi) is 9.39. The molecule has 0 spiro atoms. The fraction of sp³-hybridized carbons (Fsp3) is 0.556. The van der Waals surface area contributed by atoms with Gasteiger partial charge in [-0.25, -0.2) is 0 Å². The molecule has 0 saturated heterocycles. The van der Waals surface area contributed by atoms with Crippen LogP contribution < -0.4 is 9.47 Å². The number of carbonyl (C=O) groups excluding carboxylic acids is 2. The van der Waals surface area contributed by atoms with E-state index in [1.165, 1.54) is 14.2 Å². The summed E-state index contributed by atoms with van der Waals surface area (Å²) in [5.41, 5.74) is 0.442. The van der Waals surface area contributed by atoms with E-state index in [0.717, 1.165) is 0 Å². The SMILES string of the molecule is CCOC(=O)CCN(CCCOC)C(=O)c1cc(OC)cc(OC)c1. The van der Waals surface area contributed by atoms with E-state index in [9.17, 15) is 9.59 Å². The molecule has 0 aliphatic heterocycles. The number of amides is 1. The monoisotopic (exact) mass is 353 g/mol. The molecule has 0 N–H and O–H groups in total. The maximum Gasteiger partial charge on any atom is 0.307 e. The Morgan fingerprint density at radius 3 is 2.16 bits per heavy atom. The van der Waals surface area contributed by atoms with Gasteiger partial charge in [-0.3, -0.25) is 9.59 Å². The van der Waals surface area contributed by atoms with E-state index in [2.05, 4.69) is 0 Å². The van der Waals surface area contributed by atoms with E-state index < -0.39 is 0 Å². The number of esters is 1. The highest BCUT2D eigenvalue weighted by atomic mass is 16.5. The molecule has 7 nitrogen and oxygen atoms in total. The van der Waals surface area contributed by atoms with E-state index in [4.69, 9.17) is 18.9 Å². The molecule has 0 radical (unpaired) electrons. The van der Waals surface area contributed by atoms with Crippen molar-refractivity contribution >= 4 is 11.9 Å². The summed E-state index contributed by atoms with van der Waals surface area (Å²) in [5.74, 6) is 0.544. The molecule has 0 unspecified atom stereocenters. The van der Waals surface area contributed by atoms with Crippen molar-refractivity contribution in [2.45, 2.75) is 19.8 Å². The molecule has 25 heavy (non-hydrogen) atoms. The second-order valence-corrected chi connectivity index (χ2v) is 5.29. The molecule has 0 saturated carbocycles. The summed E-state index contributed by atoms with van der Waals surface area (Å²) in [6.45, 7) is 3.36. The van der Waals surface area contributed by atoms with Crippen molar-refractivity contribution in [2.24, 2.45) is 0 Å². The Hall–Kier alpha value is -2.28. The average Bonchev–Trinajstić information content (AvgIpc) is 2.63. The van der Waals surface area contributed by atoms with Crippen LogP contribution in [0.4, 0.5) is 0 Å². The standard InChI is InChI=1S/C18H27NO6/c1-5-25-17(20)7-9-19(8-6-10-22-2)18(21)14-11-15(23-3)13-16(12-14)24-4/h11-13H,5-10H2,1-4H3. The second kappa shape index (κ2) is 11.3. The van der Waals surface area contributed by atoms with Crippen LogP contribution in [0.15, 0.2) is 18.2 Å². The molecule has 1 rings (SSSR count). The summed E-state index contributed by atoms with van der Waals surface area (Å²) in [4.78, 5) is 26.1. The first-order chi connectivity index (χ1) is 12.0. The maximum atomic E-state index is 12.9. The summed E-state index contributed by atoms with van der Waals surface area (Å²) in [6, 6.07) is 5.00. The molecule has 0 fully saturated rings. The number of hydrogen-bond donors (Lipinski definition) is 0. The molecule has 140 valence electrons. The minimum atomic E-state index is -0.324. The first kappa shape index (κ1) is 20.8. The molecule has 0 heterocycles. The van der Waals surface area contributed by atoms with Gasteiger partial charge in [0, 0.05) is 38.4 Å². The molecule has 7 heteroatoms. The van der Waals surface area contributed by atoms with Gasteiger partial charge in [-0.2, -0.15) is 0 Å². The zero-order valence-electron chi connectivity index (χ0n) is 15.4. The normalized spacial score (nSPS) is 10.2. The Morgan fingerprint density at radius 2 is 1.64 bits per heavy atom. The van der Waals surface area contributed by atoms with Crippen LogP contribution in [0.2, 0.25) is 0 Å². The number of nitrogens with zero attached hydrogens (tertiary/aromatic N) is 1. The maximum absolute atomic E-state index is 12.9. The number of benzene rings is 1. The van der Waals surface area contributed by atoms with Crippen molar-refractivity contribution in [2.75, 3.05) is 47.6 Å². The largest absolute Gasteiger partial charge is 0.497 e. The Morgan fingerprint density at radius 1 is 1.00 bits per heavy atom. The molecule has 0 atom stereocenters. The van der Waals surface area contributed by atoms with Gasteiger partial charge in [0.15, 0.2) is 0 Å². The van der Waals surface area contributed by atoms with Crippen LogP contribution in [0.3, 0.4) is 0 Å². The molecule has 1 aromatic rings. The summed E-state index contributed by atoms with van der Waals surface area (Å²) in [7, 11) is 4.66. The molecule has 0 aliphatic rings. The summed E-state index contributed by atoms with van der Waals surface area (Å²) >= 11 is 0. The van der Waals surface area contributed by atoms with E-state index in [-0.39, 0.29) is 24.8 Å². The van der Waals surface area contributed by atoms with Crippen molar-refractivity contribution in [3.63, 3.8) is 0 Å². The predicted molar refractivity (Wildman–Crippen MR) is 93.2 cm³/mol. The second-order valence-electron chi connectivity index (χ2n) is 5.29. The van der Waals surface area contributed by atoms with Crippen molar-refractivity contribution in [3.8, 4) is 11.5 Å². The summed E-state index contributed by atoms with van der Waals surface area (Å²) in [5, 5.41) is 0. The summed E-state index contributed by atoms with van der Waals surface area (Å²) in [6.07, 6.45) is 0.819. The van der Waals surface area contributed by atoms with Gasteiger partial charge in [-0.05, 0) is 25.5 Å². The highest BCUT2D eigenvalue weighted by Crippen LogP contribution is 2.23. The zero-order valence-corrected chi connectivity index (χ0v) is 15.4. The van der Waals surface area contributed by atoms with Gasteiger partial charge in [0.1, 0.15) is 11.5 Å². The topological polar surface area (TPSA) is 74.3 Å². The quantitative estimate of drug-likeness (QED) is 0.448. The van der Waals surface area contributed by atoms with Crippen molar-refractivity contribution < 1.29 is 28.5 Å². The van der Waals surface area contributed by atoms with Gasteiger partial charge in [-0.1, -0.05) is 0 Å². The average molecular weight is 353 g/mol. The molecule has 1 aromatic carbocycles. The Labute approximate surface area is 148 Å². The van der Waals surface area contributed by atoms with Gasteiger partial charge >= 0.3 is 5.97 Å². The molecule has 0 bridgehead atoms. The first-order valence-corrected chi connectivity index (χ1v) is 8.22. The number of rotatable bonds is 11. The van der Waals surface area contributed by atoms with Crippen molar-refractivity contribution in [3.05, 3.63) is 23.8 Å². The van der Waals surface area contributed by atoms with E-state index in [1.807, 2.05) is 0 Å². The highest BCUT2D eigenvalue weighted by molar-refractivity contribution is 5.95. The first-order valence-electron chi connectivity index (χ1n) is 8.22. The Bertz CT molecular complexity index is 538. The third kappa shape index (κ3) is 7.01. The van der Waals surface area contributed by atoms with E-state index >= 15 is 0 Å². The predicted octanol–water partition coefficient (Wildman–Crippen LogP) is 2.14. The number of methoxy groups -OCH3 is 3. The lowest BCUT2D eigenvalue weighted by Crippen LogP contribution is -2.34. The number of hydrogen-bond acceptors (Lipinski definition) is 6. The smallest absolute Gasteiger partial charge is 0.307 e. The lowest BCUT2D eigenvalue weighted by atomic mass is 10.1. The highest BCUT2D eigenvalue weighted by Gasteiger charge is 2.19. The molecule has 0 aliphatic carbocycles. The summed E-state index contributed by atoms with van der Waals surface area (Å²) < 4.78 is 20.4. The zero-order chi connectivity index (χ0) is 18.7. The van der Waals surface area contributed by atoms with Crippen LogP contribution in [0.5, 0.6) is 11.5 Å². The van der Waals surface area contributed by atoms with Gasteiger partial charge < -0.3 is 23.8 Å². The molecule has 0 aromatic heterocycles. The Balaban J connectivity index is 2.91. The minimum absolute atomic E-state index is 0.146. The molecular weight excluding hydrogens is 326 g/mol.